The average Bonchev–Trinajstić information content (AvgIpc) is 2.37. The second-order valence-electron chi connectivity index (χ2n) is 5.89. The number of rotatable bonds is 2. The Labute approximate surface area is 115 Å². The van der Waals surface area contributed by atoms with Crippen LogP contribution in [0.2, 0.25) is 0 Å². The van der Waals surface area contributed by atoms with Crippen LogP contribution in [0.1, 0.15) is 49.9 Å². The van der Waals surface area contributed by atoms with Crippen LogP contribution in [-0.2, 0) is 0 Å². The van der Waals surface area contributed by atoms with E-state index in [0.717, 1.165) is 23.6 Å². The zero-order valence-electron chi connectivity index (χ0n) is 12.2. The fraction of sp³-hybridized carbons (Fsp3) is 0.667. The smallest absolute Gasteiger partial charge is 0.167 e. The van der Waals surface area contributed by atoms with Crippen molar-refractivity contribution in [2.24, 2.45) is 11.8 Å². The molecule has 102 valence electrons. The first kappa shape index (κ1) is 13.8. The van der Waals surface area contributed by atoms with Gasteiger partial charge in [0.15, 0.2) is 5.82 Å². The predicted molar refractivity (Wildman–Crippen MR) is 75.8 cm³/mol. The third-order valence-electron chi connectivity index (χ3n) is 4.32. The molecular weight excluding hydrogens is 236 g/mol. The van der Waals surface area contributed by atoms with Crippen molar-refractivity contribution in [1.82, 2.24) is 10.2 Å². The Morgan fingerprint density at radius 3 is 2.58 bits per heavy atom. The van der Waals surface area contributed by atoms with Crippen LogP contribution < -0.4 is 5.32 Å². The van der Waals surface area contributed by atoms with Gasteiger partial charge in [-0.3, -0.25) is 0 Å². The molecule has 1 N–H and O–H groups in total. The molecule has 1 aliphatic carbocycles. The highest BCUT2D eigenvalue weighted by atomic mass is 15.2. The fourth-order valence-electron chi connectivity index (χ4n) is 2.90. The van der Waals surface area contributed by atoms with Crippen molar-refractivity contribution in [1.29, 1.82) is 5.26 Å². The van der Waals surface area contributed by atoms with E-state index < -0.39 is 0 Å². The van der Waals surface area contributed by atoms with Gasteiger partial charge in [0.25, 0.3) is 0 Å². The molecule has 3 atom stereocenters. The van der Waals surface area contributed by atoms with Crippen molar-refractivity contribution in [3.63, 3.8) is 0 Å². The zero-order chi connectivity index (χ0) is 14.0. The lowest BCUT2D eigenvalue weighted by Crippen LogP contribution is -2.33. The first-order valence-corrected chi connectivity index (χ1v) is 7.03. The molecule has 1 heterocycles. The first-order chi connectivity index (χ1) is 9.02. The van der Waals surface area contributed by atoms with Crippen LogP contribution in [0.4, 0.5) is 5.82 Å². The molecule has 0 aromatic carbocycles. The van der Waals surface area contributed by atoms with Crippen LogP contribution in [0.15, 0.2) is 0 Å². The van der Waals surface area contributed by atoms with Crippen LogP contribution >= 0.6 is 0 Å². The van der Waals surface area contributed by atoms with Crippen LogP contribution in [-0.4, -0.2) is 16.2 Å². The van der Waals surface area contributed by atoms with Gasteiger partial charge in [0.2, 0.25) is 0 Å². The van der Waals surface area contributed by atoms with Gasteiger partial charge in [-0.1, -0.05) is 13.8 Å². The topological polar surface area (TPSA) is 61.6 Å². The number of aryl methyl sites for hydroxylation is 1. The highest BCUT2D eigenvalue weighted by Crippen LogP contribution is 2.31. The zero-order valence-corrected chi connectivity index (χ0v) is 12.2. The molecule has 1 aromatic heterocycles. The van der Waals surface area contributed by atoms with Crippen molar-refractivity contribution in [2.75, 3.05) is 5.32 Å². The Kier molecular flexibility index (Phi) is 4.04. The minimum atomic E-state index is 0.403. The van der Waals surface area contributed by atoms with Crippen LogP contribution in [0.5, 0.6) is 0 Å². The van der Waals surface area contributed by atoms with Gasteiger partial charge in [0, 0.05) is 6.04 Å². The van der Waals surface area contributed by atoms with E-state index in [1.807, 2.05) is 13.8 Å². The standard InChI is InChI=1S/C15H22N4/c1-9-5-6-14(10(2)7-9)17-15-13(8-16)11(3)12(4)18-19-15/h9-10,14H,5-7H2,1-4H3,(H,17,19). The van der Waals surface area contributed by atoms with E-state index in [-0.39, 0.29) is 0 Å². The van der Waals surface area contributed by atoms with Gasteiger partial charge in [-0.2, -0.15) is 10.4 Å². The summed E-state index contributed by atoms with van der Waals surface area (Å²) in [5.74, 6) is 2.06. The SMILES string of the molecule is Cc1nnc(NC2CCC(C)CC2C)c(C#N)c1C. The third-order valence-corrected chi connectivity index (χ3v) is 4.32. The largest absolute Gasteiger partial charge is 0.364 e. The normalized spacial score (nSPS) is 26.8. The van der Waals surface area contributed by atoms with Gasteiger partial charge in [-0.05, 0) is 50.5 Å². The van der Waals surface area contributed by atoms with E-state index in [1.165, 1.54) is 12.8 Å². The van der Waals surface area contributed by atoms with Crippen LogP contribution in [0.25, 0.3) is 0 Å². The van der Waals surface area contributed by atoms with Crippen molar-refractivity contribution >= 4 is 5.82 Å². The minimum absolute atomic E-state index is 0.403. The number of nitrogens with one attached hydrogen (secondary N) is 1. The van der Waals surface area contributed by atoms with E-state index in [0.29, 0.717) is 23.3 Å². The average molecular weight is 258 g/mol. The number of hydrogen-bond acceptors (Lipinski definition) is 4. The van der Waals surface area contributed by atoms with Gasteiger partial charge >= 0.3 is 0 Å². The van der Waals surface area contributed by atoms with Gasteiger partial charge in [0.1, 0.15) is 11.6 Å². The van der Waals surface area contributed by atoms with Gasteiger partial charge in [-0.15, -0.1) is 5.10 Å². The fourth-order valence-corrected chi connectivity index (χ4v) is 2.90. The molecule has 1 fully saturated rings. The quantitative estimate of drug-likeness (QED) is 0.884. The second-order valence-corrected chi connectivity index (χ2v) is 5.89. The highest BCUT2D eigenvalue weighted by Gasteiger charge is 2.26. The van der Waals surface area contributed by atoms with E-state index in [4.69, 9.17) is 0 Å². The lowest BCUT2D eigenvalue weighted by atomic mass is 9.80. The van der Waals surface area contributed by atoms with Gasteiger partial charge < -0.3 is 5.32 Å². The number of aromatic nitrogens is 2. The molecule has 0 saturated heterocycles. The first-order valence-electron chi connectivity index (χ1n) is 7.03. The van der Waals surface area contributed by atoms with Gasteiger partial charge in [-0.25, -0.2) is 0 Å². The van der Waals surface area contributed by atoms with Crippen molar-refractivity contribution in [3.05, 3.63) is 16.8 Å². The number of nitriles is 1. The van der Waals surface area contributed by atoms with E-state index in [2.05, 4.69) is 35.4 Å². The molecule has 3 unspecified atom stereocenters. The second kappa shape index (κ2) is 5.56. The molecule has 19 heavy (non-hydrogen) atoms. The maximum absolute atomic E-state index is 9.30. The monoisotopic (exact) mass is 258 g/mol. The summed E-state index contributed by atoms with van der Waals surface area (Å²) in [5, 5.41) is 21.0. The van der Waals surface area contributed by atoms with Crippen molar-refractivity contribution < 1.29 is 0 Å². The highest BCUT2D eigenvalue weighted by molar-refractivity contribution is 5.56. The van der Waals surface area contributed by atoms with Crippen LogP contribution in [0.3, 0.4) is 0 Å². The summed E-state index contributed by atoms with van der Waals surface area (Å²) >= 11 is 0. The lowest BCUT2D eigenvalue weighted by Gasteiger charge is -2.33. The Hall–Kier alpha value is -1.63. The third kappa shape index (κ3) is 2.86. The number of nitrogens with zero attached hydrogens (tertiary/aromatic N) is 3. The minimum Gasteiger partial charge on any atom is -0.364 e. The molecule has 0 radical (unpaired) electrons. The predicted octanol–water partition coefficient (Wildman–Crippen LogP) is 3.20. The molecule has 2 rings (SSSR count). The molecule has 4 heteroatoms. The van der Waals surface area contributed by atoms with Gasteiger partial charge in [0.05, 0.1) is 5.69 Å². The summed E-state index contributed by atoms with van der Waals surface area (Å²) in [6, 6.07) is 2.66. The maximum Gasteiger partial charge on any atom is 0.167 e. The molecule has 1 aromatic rings. The Balaban J connectivity index is 2.20. The Morgan fingerprint density at radius 1 is 1.21 bits per heavy atom. The molecule has 0 bridgehead atoms. The molecule has 0 aliphatic heterocycles. The van der Waals surface area contributed by atoms with Crippen molar-refractivity contribution in [3.8, 4) is 6.07 Å². The number of anilines is 1. The molecule has 4 nitrogen and oxygen atoms in total. The van der Waals surface area contributed by atoms with Crippen molar-refractivity contribution in [2.45, 2.75) is 53.0 Å². The summed E-state index contributed by atoms with van der Waals surface area (Å²) < 4.78 is 0. The Bertz CT molecular complexity index is 504. The van der Waals surface area contributed by atoms with E-state index in [1.54, 1.807) is 0 Å². The molecule has 0 spiro atoms. The summed E-state index contributed by atoms with van der Waals surface area (Å²) in [4.78, 5) is 0. The molecule has 0 amide bonds. The molecule has 1 aliphatic rings. The van der Waals surface area contributed by atoms with Crippen LogP contribution in [0, 0.1) is 37.0 Å². The van der Waals surface area contributed by atoms with E-state index >= 15 is 0 Å². The van der Waals surface area contributed by atoms with E-state index in [9.17, 15) is 5.26 Å². The summed E-state index contributed by atoms with van der Waals surface area (Å²) in [5.41, 5.74) is 2.39. The number of hydrogen-bond donors (Lipinski definition) is 1. The Morgan fingerprint density at radius 2 is 1.95 bits per heavy atom. The molecular formula is C15H22N4. The maximum atomic E-state index is 9.30. The lowest BCUT2D eigenvalue weighted by molar-refractivity contribution is 0.276. The summed E-state index contributed by atoms with van der Waals surface area (Å²) in [7, 11) is 0. The summed E-state index contributed by atoms with van der Waals surface area (Å²) in [6.07, 6.45) is 3.61. The molecule has 1 saturated carbocycles. The summed E-state index contributed by atoms with van der Waals surface area (Å²) in [6.45, 7) is 8.40.